The van der Waals surface area contributed by atoms with Crippen molar-refractivity contribution in [2.75, 3.05) is 12.3 Å². The highest BCUT2D eigenvalue weighted by atomic mass is 32.2. The molecule has 0 saturated heterocycles. The van der Waals surface area contributed by atoms with Crippen molar-refractivity contribution in [1.29, 1.82) is 0 Å². The molecule has 2 fully saturated rings. The maximum absolute atomic E-state index is 12.3. The van der Waals surface area contributed by atoms with Crippen molar-refractivity contribution in [3.8, 4) is 0 Å². The number of benzene rings is 1. The average Bonchev–Trinajstić information content (AvgIpc) is 3.26. The standard InChI is InChI=1S/C14H18N2O4S/c15-11-7-9(13(17)18)1-4-12(11)21(19,20)16-8-14(5-6-14)10-2-3-10/h1,4,7,10,16H,2-3,5-6,8,15H2,(H,17,18). The zero-order valence-corrected chi connectivity index (χ0v) is 12.3. The van der Waals surface area contributed by atoms with Gasteiger partial charge in [0.2, 0.25) is 10.0 Å². The molecule has 1 aromatic carbocycles. The Morgan fingerprint density at radius 2 is 2.05 bits per heavy atom. The van der Waals surface area contributed by atoms with E-state index in [4.69, 9.17) is 10.8 Å². The minimum Gasteiger partial charge on any atom is -0.478 e. The molecule has 3 rings (SSSR count). The molecule has 0 aliphatic heterocycles. The van der Waals surface area contributed by atoms with Crippen molar-refractivity contribution in [3.63, 3.8) is 0 Å². The SMILES string of the molecule is Nc1cc(C(=O)O)ccc1S(=O)(=O)NCC1(C2CC2)CC1. The predicted octanol–water partition coefficient (Wildman–Crippen LogP) is 1.44. The molecule has 0 spiro atoms. The highest BCUT2D eigenvalue weighted by molar-refractivity contribution is 7.89. The first-order valence-corrected chi connectivity index (χ1v) is 8.45. The monoisotopic (exact) mass is 310 g/mol. The molecule has 0 aromatic heterocycles. The summed E-state index contributed by atoms with van der Waals surface area (Å²) in [7, 11) is -3.70. The highest BCUT2D eigenvalue weighted by Gasteiger charge is 2.53. The summed E-state index contributed by atoms with van der Waals surface area (Å²) in [6, 6.07) is 3.67. The number of rotatable bonds is 6. The van der Waals surface area contributed by atoms with Crippen LogP contribution in [0, 0.1) is 11.3 Å². The van der Waals surface area contributed by atoms with Gasteiger partial charge in [-0.1, -0.05) is 0 Å². The van der Waals surface area contributed by atoms with Crippen molar-refractivity contribution in [2.24, 2.45) is 11.3 Å². The van der Waals surface area contributed by atoms with Crippen LogP contribution in [0.25, 0.3) is 0 Å². The summed E-state index contributed by atoms with van der Waals surface area (Å²) in [6.07, 6.45) is 4.54. The molecule has 0 unspecified atom stereocenters. The third-order valence-corrected chi connectivity index (χ3v) is 5.97. The molecule has 0 radical (unpaired) electrons. The van der Waals surface area contributed by atoms with E-state index in [1.165, 1.54) is 31.0 Å². The lowest BCUT2D eigenvalue weighted by Gasteiger charge is -2.16. The average molecular weight is 310 g/mol. The predicted molar refractivity (Wildman–Crippen MR) is 77.4 cm³/mol. The normalized spacial score (nSPS) is 20.2. The first-order valence-electron chi connectivity index (χ1n) is 6.97. The van der Waals surface area contributed by atoms with Crippen LogP contribution >= 0.6 is 0 Å². The Kier molecular flexibility index (Phi) is 3.22. The van der Waals surface area contributed by atoms with E-state index >= 15 is 0 Å². The molecule has 2 aliphatic carbocycles. The van der Waals surface area contributed by atoms with Gasteiger partial charge in [0.25, 0.3) is 0 Å². The molecule has 0 bridgehead atoms. The second-order valence-corrected chi connectivity index (χ2v) is 7.75. The van der Waals surface area contributed by atoms with Crippen LogP contribution in [0.15, 0.2) is 23.1 Å². The minimum atomic E-state index is -3.70. The zero-order chi connectivity index (χ0) is 15.3. The van der Waals surface area contributed by atoms with Crippen LogP contribution in [-0.2, 0) is 10.0 Å². The van der Waals surface area contributed by atoms with Gasteiger partial charge in [-0.05, 0) is 55.2 Å². The van der Waals surface area contributed by atoms with Crippen LogP contribution in [0.3, 0.4) is 0 Å². The first-order chi connectivity index (χ1) is 9.84. The second-order valence-electron chi connectivity index (χ2n) is 6.02. The Balaban J connectivity index is 1.76. The lowest BCUT2D eigenvalue weighted by atomic mass is 10.0. The van der Waals surface area contributed by atoms with E-state index in [1.54, 1.807) is 0 Å². The number of sulfonamides is 1. The highest BCUT2D eigenvalue weighted by Crippen LogP contribution is 2.60. The smallest absolute Gasteiger partial charge is 0.335 e. The number of nitrogen functional groups attached to an aromatic ring is 1. The quantitative estimate of drug-likeness (QED) is 0.689. The van der Waals surface area contributed by atoms with Gasteiger partial charge in [-0.15, -0.1) is 0 Å². The van der Waals surface area contributed by atoms with Crippen molar-refractivity contribution in [2.45, 2.75) is 30.6 Å². The third-order valence-electron chi connectivity index (χ3n) is 4.50. The fraction of sp³-hybridized carbons (Fsp3) is 0.500. The van der Waals surface area contributed by atoms with Gasteiger partial charge in [-0.25, -0.2) is 17.9 Å². The first kappa shape index (κ1) is 14.3. The van der Waals surface area contributed by atoms with Crippen molar-refractivity contribution >= 4 is 21.7 Å². The van der Waals surface area contributed by atoms with E-state index < -0.39 is 16.0 Å². The third kappa shape index (κ3) is 2.75. The molecular formula is C14H18N2O4S. The number of carbonyl (C=O) groups is 1. The maximum Gasteiger partial charge on any atom is 0.335 e. The van der Waals surface area contributed by atoms with E-state index in [9.17, 15) is 13.2 Å². The number of nitrogens with two attached hydrogens (primary N) is 1. The molecule has 114 valence electrons. The fourth-order valence-corrected chi connectivity index (χ4v) is 4.08. The molecule has 4 N–H and O–H groups in total. The van der Waals surface area contributed by atoms with Crippen LogP contribution in [0.4, 0.5) is 5.69 Å². The van der Waals surface area contributed by atoms with E-state index in [2.05, 4.69) is 4.72 Å². The maximum atomic E-state index is 12.3. The number of nitrogens with one attached hydrogen (secondary N) is 1. The summed E-state index contributed by atoms with van der Waals surface area (Å²) in [5.74, 6) is -0.476. The lowest BCUT2D eigenvalue weighted by Crippen LogP contribution is -2.31. The number of hydrogen-bond donors (Lipinski definition) is 3. The largest absolute Gasteiger partial charge is 0.478 e. The van der Waals surface area contributed by atoms with E-state index in [0.717, 1.165) is 12.8 Å². The minimum absolute atomic E-state index is 0.0249. The molecular weight excluding hydrogens is 292 g/mol. The number of carboxylic acid groups (broad SMARTS) is 1. The fourth-order valence-electron chi connectivity index (χ4n) is 2.83. The van der Waals surface area contributed by atoms with Crippen LogP contribution in [0.1, 0.15) is 36.0 Å². The summed E-state index contributed by atoms with van der Waals surface area (Å²) in [5.41, 5.74) is 5.78. The van der Waals surface area contributed by atoms with Gasteiger partial charge in [-0.2, -0.15) is 0 Å². The lowest BCUT2D eigenvalue weighted by molar-refractivity contribution is 0.0697. The Morgan fingerprint density at radius 3 is 2.52 bits per heavy atom. The summed E-state index contributed by atoms with van der Waals surface area (Å²) in [6.45, 7) is 0.445. The van der Waals surface area contributed by atoms with Crippen molar-refractivity contribution in [3.05, 3.63) is 23.8 Å². The summed E-state index contributed by atoms with van der Waals surface area (Å²) >= 11 is 0. The van der Waals surface area contributed by atoms with Gasteiger partial charge < -0.3 is 10.8 Å². The van der Waals surface area contributed by atoms with Gasteiger partial charge in [-0.3, -0.25) is 0 Å². The summed E-state index contributed by atoms with van der Waals surface area (Å²) in [4.78, 5) is 10.8. The second kappa shape index (κ2) is 4.71. The summed E-state index contributed by atoms with van der Waals surface area (Å²) in [5, 5.41) is 8.87. The summed E-state index contributed by atoms with van der Waals surface area (Å²) < 4.78 is 27.3. The van der Waals surface area contributed by atoms with Crippen LogP contribution < -0.4 is 10.5 Å². The number of aromatic carboxylic acids is 1. The van der Waals surface area contributed by atoms with Crippen molar-refractivity contribution in [1.82, 2.24) is 4.72 Å². The van der Waals surface area contributed by atoms with Crippen LogP contribution in [0.2, 0.25) is 0 Å². The Morgan fingerprint density at radius 1 is 1.38 bits per heavy atom. The molecule has 2 aliphatic rings. The van der Waals surface area contributed by atoms with Gasteiger partial charge in [0.05, 0.1) is 11.3 Å². The number of hydrogen-bond acceptors (Lipinski definition) is 4. The molecule has 2 saturated carbocycles. The molecule has 1 aromatic rings. The molecule has 21 heavy (non-hydrogen) atoms. The molecule has 7 heteroatoms. The Hall–Kier alpha value is -1.60. The zero-order valence-electron chi connectivity index (χ0n) is 11.5. The van der Waals surface area contributed by atoms with Gasteiger partial charge >= 0.3 is 5.97 Å². The van der Waals surface area contributed by atoms with Crippen molar-refractivity contribution < 1.29 is 18.3 Å². The van der Waals surface area contributed by atoms with Gasteiger partial charge in [0, 0.05) is 6.54 Å². The molecule has 0 heterocycles. The number of anilines is 1. The van der Waals surface area contributed by atoms with Gasteiger partial charge in [0.1, 0.15) is 4.90 Å². The Labute approximate surface area is 123 Å². The van der Waals surface area contributed by atoms with Gasteiger partial charge in [0.15, 0.2) is 0 Å². The van der Waals surface area contributed by atoms with Crippen LogP contribution in [0.5, 0.6) is 0 Å². The van der Waals surface area contributed by atoms with E-state index in [0.29, 0.717) is 12.5 Å². The van der Waals surface area contributed by atoms with E-state index in [1.807, 2.05) is 0 Å². The number of carboxylic acids is 1. The molecule has 6 nitrogen and oxygen atoms in total. The topological polar surface area (TPSA) is 109 Å². The van der Waals surface area contributed by atoms with E-state index in [-0.39, 0.29) is 21.6 Å². The van der Waals surface area contributed by atoms with Crippen LogP contribution in [-0.4, -0.2) is 26.0 Å². The Bertz CT molecular complexity index is 691. The molecule has 0 atom stereocenters. The molecule has 0 amide bonds.